The standard InChI is InChI=1S/C14H13ClN4/c1-3-12-16-17-13-8-11(14(15)18-19(12)13)10-6-4-9(2)5-7-10/h4-8H,3H2,1-2H3. The zero-order chi connectivity index (χ0) is 13.4. The van der Waals surface area contributed by atoms with Crippen LogP contribution in [0.5, 0.6) is 0 Å². The van der Waals surface area contributed by atoms with Crippen molar-refractivity contribution in [3.8, 4) is 11.1 Å². The second kappa shape index (κ2) is 4.63. The highest BCUT2D eigenvalue weighted by Crippen LogP contribution is 2.27. The predicted octanol–water partition coefficient (Wildman–Crippen LogP) is 3.32. The molecule has 0 radical (unpaired) electrons. The molecular formula is C14H13ClN4. The van der Waals surface area contributed by atoms with Crippen LogP contribution in [0.3, 0.4) is 0 Å². The number of rotatable bonds is 2. The molecule has 0 spiro atoms. The van der Waals surface area contributed by atoms with Gasteiger partial charge in [0, 0.05) is 12.0 Å². The highest BCUT2D eigenvalue weighted by atomic mass is 35.5. The first-order valence-electron chi connectivity index (χ1n) is 6.17. The molecule has 0 amide bonds. The van der Waals surface area contributed by atoms with E-state index in [-0.39, 0.29) is 0 Å². The van der Waals surface area contributed by atoms with Gasteiger partial charge in [0.2, 0.25) is 0 Å². The van der Waals surface area contributed by atoms with Crippen molar-refractivity contribution in [3.05, 3.63) is 46.9 Å². The summed E-state index contributed by atoms with van der Waals surface area (Å²) in [5, 5.41) is 13.0. The van der Waals surface area contributed by atoms with Gasteiger partial charge in [0.05, 0.1) is 0 Å². The molecule has 2 aromatic heterocycles. The van der Waals surface area contributed by atoms with Crippen molar-refractivity contribution in [2.24, 2.45) is 0 Å². The van der Waals surface area contributed by atoms with Gasteiger partial charge in [-0.15, -0.1) is 10.2 Å². The Labute approximate surface area is 116 Å². The summed E-state index contributed by atoms with van der Waals surface area (Å²) in [5.41, 5.74) is 3.84. The van der Waals surface area contributed by atoms with Crippen molar-refractivity contribution in [1.29, 1.82) is 0 Å². The van der Waals surface area contributed by atoms with Crippen LogP contribution < -0.4 is 0 Å². The van der Waals surface area contributed by atoms with Crippen LogP contribution in [0.1, 0.15) is 18.3 Å². The fourth-order valence-corrected chi connectivity index (χ4v) is 2.25. The number of nitrogens with zero attached hydrogens (tertiary/aromatic N) is 4. The molecule has 4 nitrogen and oxygen atoms in total. The van der Waals surface area contributed by atoms with Crippen LogP contribution in [0, 0.1) is 6.92 Å². The molecule has 3 aromatic rings. The van der Waals surface area contributed by atoms with E-state index in [9.17, 15) is 0 Å². The van der Waals surface area contributed by atoms with E-state index in [1.165, 1.54) is 5.56 Å². The van der Waals surface area contributed by atoms with E-state index in [2.05, 4.69) is 34.4 Å². The minimum Gasteiger partial charge on any atom is -0.196 e. The van der Waals surface area contributed by atoms with Crippen LogP contribution in [0.15, 0.2) is 30.3 Å². The lowest BCUT2D eigenvalue weighted by Crippen LogP contribution is -1.99. The Kier molecular flexibility index (Phi) is 2.95. The smallest absolute Gasteiger partial charge is 0.178 e. The van der Waals surface area contributed by atoms with Crippen LogP contribution in [0.4, 0.5) is 0 Å². The molecule has 0 aliphatic heterocycles. The van der Waals surface area contributed by atoms with Crippen molar-refractivity contribution in [3.63, 3.8) is 0 Å². The van der Waals surface area contributed by atoms with Gasteiger partial charge in [-0.1, -0.05) is 48.4 Å². The summed E-state index contributed by atoms with van der Waals surface area (Å²) in [7, 11) is 0. The number of fused-ring (bicyclic) bond motifs is 1. The van der Waals surface area contributed by atoms with Gasteiger partial charge in [-0.05, 0) is 18.6 Å². The Morgan fingerprint density at radius 2 is 1.89 bits per heavy atom. The second-order valence-corrected chi connectivity index (χ2v) is 4.81. The quantitative estimate of drug-likeness (QED) is 0.719. The predicted molar refractivity (Wildman–Crippen MR) is 75.3 cm³/mol. The Morgan fingerprint density at radius 3 is 2.58 bits per heavy atom. The molecular weight excluding hydrogens is 260 g/mol. The first-order chi connectivity index (χ1) is 9.19. The minimum atomic E-state index is 0.464. The molecule has 2 heterocycles. The number of aryl methyl sites for hydroxylation is 2. The lowest BCUT2D eigenvalue weighted by Gasteiger charge is -2.05. The van der Waals surface area contributed by atoms with Crippen LogP contribution in [0.25, 0.3) is 16.8 Å². The summed E-state index contributed by atoms with van der Waals surface area (Å²) >= 11 is 6.28. The number of aromatic nitrogens is 4. The van der Waals surface area contributed by atoms with E-state index in [1.807, 2.05) is 25.1 Å². The topological polar surface area (TPSA) is 43.1 Å². The molecule has 0 atom stereocenters. The van der Waals surface area contributed by atoms with Gasteiger partial charge in [0.25, 0.3) is 0 Å². The molecule has 0 saturated carbocycles. The molecule has 0 saturated heterocycles. The molecule has 96 valence electrons. The van der Waals surface area contributed by atoms with E-state index < -0.39 is 0 Å². The van der Waals surface area contributed by atoms with Gasteiger partial charge in [0.15, 0.2) is 16.6 Å². The van der Waals surface area contributed by atoms with E-state index in [0.29, 0.717) is 5.15 Å². The third-order valence-corrected chi connectivity index (χ3v) is 3.37. The van der Waals surface area contributed by atoms with E-state index in [1.54, 1.807) is 4.52 Å². The normalized spacial score (nSPS) is 11.1. The summed E-state index contributed by atoms with van der Waals surface area (Å²) in [6.45, 7) is 4.07. The molecule has 0 fully saturated rings. The van der Waals surface area contributed by atoms with Gasteiger partial charge in [-0.25, -0.2) is 0 Å². The van der Waals surface area contributed by atoms with Crippen molar-refractivity contribution in [2.45, 2.75) is 20.3 Å². The van der Waals surface area contributed by atoms with Gasteiger partial charge in [-0.3, -0.25) is 0 Å². The van der Waals surface area contributed by atoms with E-state index >= 15 is 0 Å². The van der Waals surface area contributed by atoms with Crippen LogP contribution in [-0.4, -0.2) is 19.8 Å². The largest absolute Gasteiger partial charge is 0.196 e. The second-order valence-electron chi connectivity index (χ2n) is 4.45. The number of halogens is 1. The van der Waals surface area contributed by atoms with Crippen molar-refractivity contribution < 1.29 is 0 Å². The van der Waals surface area contributed by atoms with Crippen LogP contribution in [-0.2, 0) is 6.42 Å². The minimum absolute atomic E-state index is 0.464. The summed E-state index contributed by atoms with van der Waals surface area (Å²) < 4.78 is 1.69. The lowest BCUT2D eigenvalue weighted by atomic mass is 10.1. The zero-order valence-electron chi connectivity index (χ0n) is 10.8. The Morgan fingerprint density at radius 1 is 1.16 bits per heavy atom. The SMILES string of the molecule is CCc1nnc2cc(-c3ccc(C)cc3)c(Cl)nn12. The molecule has 0 aliphatic rings. The maximum Gasteiger partial charge on any atom is 0.178 e. The van der Waals surface area contributed by atoms with Crippen LogP contribution in [0.2, 0.25) is 5.15 Å². The molecule has 1 aromatic carbocycles. The molecule has 0 N–H and O–H groups in total. The summed E-state index contributed by atoms with van der Waals surface area (Å²) in [5.74, 6) is 0.812. The highest BCUT2D eigenvalue weighted by molar-refractivity contribution is 6.32. The third-order valence-electron chi connectivity index (χ3n) is 3.09. The van der Waals surface area contributed by atoms with Crippen molar-refractivity contribution >= 4 is 17.2 Å². The highest BCUT2D eigenvalue weighted by Gasteiger charge is 2.11. The van der Waals surface area contributed by atoms with Crippen LogP contribution >= 0.6 is 11.6 Å². The monoisotopic (exact) mass is 272 g/mol. The number of benzene rings is 1. The summed E-state index contributed by atoms with van der Waals surface area (Å²) in [6, 6.07) is 10.1. The first-order valence-corrected chi connectivity index (χ1v) is 6.54. The Hall–Kier alpha value is -1.94. The fraction of sp³-hybridized carbons (Fsp3) is 0.214. The van der Waals surface area contributed by atoms with E-state index in [4.69, 9.17) is 11.6 Å². The molecule has 0 aliphatic carbocycles. The maximum atomic E-state index is 6.28. The Balaban J connectivity index is 2.19. The molecule has 3 rings (SSSR count). The average Bonchev–Trinajstić information content (AvgIpc) is 2.81. The van der Waals surface area contributed by atoms with Gasteiger partial charge in [-0.2, -0.15) is 9.61 Å². The van der Waals surface area contributed by atoms with Gasteiger partial charge in [0.1, 0.15) is 0 Å². The maximum absolute atomic E-state index is 6.28. The van der Waals surface area contributed by atoms with E-state index in [0.717, 1.165) is 29.0 Å². The first kappa shape index (κ1) is 12.1. The Bertz CT molecular complexity index is 731. The number of hydrogen-bond donors (Lipinski definition) is 0. The van der Waals surface area contributed by atoms with Crippen molar-refractivity contribution in [2.75, 3.05) is 0 Å². The van der Waals surface area contributed by atoms with Gasteiger partial charge >= 0.3 is 0 Å². The van der Waals surface area contributed by atoms with Crippen molar-refractivity contribution in [1.82, 2.24) is 19.8 Å². The zero-order valence-corrected chi connectivity index (χ0v) is 11.5. The third kappa shape index (κ3) is 2.08. The number of hydrogen-bond acceptors (Lipinski definition) is 3. The van der Waals surface area contributed by atoms with Gasteiger partial charge < -0.3 is 0 Å². The molecule has 19 heavy (non-hydrogen) atoms. The average molecular weight is 273 g/mol. The lowest BCUT2D eigenvalue weighted by molar-refractivity contribution is 0.824. The fourth-order valence-electron chi connectivity index (χ4n) is 2.01. The summed E-state index contributed by atoms with van der Waals surface area (Å²) in [6.07, 6.45) is 0.772. The molecule has 5 heteroatoms. The molecule has 0 unspecified atom stereocenters. The summed E-state index contributed by atoms with van der Waals surface area (Å²) in [4.78, 5) is 0. The molecule has 0 bridgehead atoms.